The Balaban J connectivity index is 2.80. The van der Waals surface area contributed by atoms with E-state index in [0.29, 0.717) is 0 Å². The van der Waals surface area contributed by atoms with Gasteiger partial charge in [-0.15, -0.1) is 0 Å². The third-order valence-electron chi connectivity index (χ3n) is 1.66. The molecule has 15 heavy (non-hydrogen) atoms. The van der Waals surface area contributed by atoms with Crippen molar-refractivity contribution in [2.75, 3.05) is 0 Å². The molecule has 0 radical (unpaired) electrons. The van der Waals surface area contributed by atoms with Crippen molar-refractivity contribution < 1.29 is 29.1 Å². The van der Waals surface area contributed by atoms with Crippen molar-refractivity contribution in [3.63, 3.8) is 0 Å². The van der Waals surface area contributed by atoms with Gasteiger partial charge in [0.05, 0.1) is 0 Å². The SMILES string of the molecule is CC1(ONC(=O)O)C(=O)NC(=O)NC1=O. The van der Waals surface area contributed by atoms with Gasteiger partial charge in [-0.2, -0.15) is 5.48 Å². The smallest absolute Gasteiger partial charge is 0.428 e. The number of hydroxylamine groups is 1. The maximum absolute atomic E-state index is 11.2. The molecular weight excluding hydrogens is 210 g/mol. The second kappa shape index (κ2) is 3.53. The Kier molecular flexibility index (Phi) is 2.57. The monoisotopic (exact) mass is 217 g/mol. The molecule has 0 atom stereocenters. The van der Waals surface area contributed by atoms with Gasteiger partial charge in [0, 0.05) is 0 Å². The molecule has 1 saturated heterocycles. The van der Waals surface area contributed by atoms with E-state index in [1.165, 1.54) is 5.48 Å². The lowest BCUT2D eigenvalue weighted by Gasteiger charge is -2.28. The Hall–Kier alpha value is -2.16. The lowest BCUT2D eigenvalue weighted by Crippen LogP contribution is -2.67. The molecule has 0 bridgehead atoms. The molecule has 82 valence electrons. The third-order valence-corrected chi connectivity index (χ3v) is 1.66. The first kappa shape index (κ1) is 10.9. The second-order valence-electron chi connectivity index (χ2n) is 2.78. The number of carbonyl (C=O) groups excluding carboxylic acids is 3. The zero-order chi connectivity index (χ0) is 11.6. The summed E-state index contributed by atoms with van der Waals surface area (Å²) in [6.07, 6.45) is -1.58. The molecule has 0 spiro atoms. The van der Waals surface area contributed by atoms with Gasteiger partial charge in [-0.25, -0.2) is 14.4 Å². The van der Waals surface area contributed by atoms with E-state index in [0.717, 1.165) is 6.92 Å². The van der Waals surface area contributed by atoms with Crippen LogP contribution in [0.1, 0.15) is 6.92 Å². The van der Waals surface area contributed by atoms with E-state index >= 15 is 0 Å². The van der Waals surface area contributed by atoms with E-state index in [1.54, 1.807) is 10.6 Å². The van der Waals surface area contributed by atoms with Crippen molar-refractivity contribution in [2.24, 2.45) is 0 Å². The van der Waals surface area contributed by atoms with Crippen LogP contribution in [0, 0.1) is 0 Å². The largest absolute Gasteiger partial charge is 0.464 e. The lowest BCUT2D eigenvalue weighted by molar-refractivity contribution is -0.166. The van der Waals surface area contributed by atoms with E-state index in [-0.39, 0.29) is 0 Å². The van der Waals surface area contributed by atoms with Crippen molar-refractivity contribution in [1.29, 1.82) is 0 Å². The van der Waals surface area contributed by atoms with E-state index < -0.39 is 29.5 Å². The molecule has 4 N–H and O–H groups in total. The van der Waals surface area contributed by atoms with Gasteiger partial charge >= 0.3 is 12.1 Å². The fourth-order valence-electron chi connectivity index (χ4n) is 0.818. The van der Waals surface area contributed by atoms with E-state index in [4.69, 9.17) is 5.11 Å². The first-order valence-corrected chi connectivity index (χ1v) is 3.70. The van der Waals surface area contributed by atoms with Gasteiger partial charge in [-0.1, -0.05) is 0 Å². The summed E-state index contributed by atoms with van der Waals surface area (Å²) in [5.74, 6) is -2.10. The molecular formula is C6H7N3O6. The highest BCUT2D eigenvalue weighted by Gasteiger charge is 2.49. The molecule has 0 aromatic heterocycles. The number of imide groups is 2. The quantitative estimate of drug-likeness (QED) is 0.322. The summed E-state index contributed by atoms with van der Waals surface area (Å²) < 4.78 is 0. The average Bonchev–Trinajstić information content (AvgIpc) is 2.11. The number of rotatable bonds is 2. The van der Waals surface area contributed by atoms with E-state index in [2.05, 4.69) is 4.84 Å². The van der Waals surface area contributed by atoms with Gasteiger partial charge in [0.15, 0.2) is 0 Å². The third kappa shape index (κ3) is 2.02. The number of amides is 5. The number of hydrogen-bond acceptors (Lipinski definition) is 5. The van der Waals surface area contributed by atoms with Gasteiger partial charge in [-0.3, -0.25) is 20.2 Å². The summed E-state index contributed by atoms with van der Waals surface area (Å²) in [7, 11) is 0. The molecule has 0 aromatic carbocycles. The van der Waals surface area contributed by atoms with Crippen LogP contribution in [0.2, 0.25) is 0 Å². The Morgan fingerprint density at radius 2 is 1.80 bits per heavy atom. The molecule has 0 aromatic rings. The van der Waals surface area contributed by atoms with Crippen LogP contribution in [-0.4, -0.2) is 34.6 Å². The van der Waals surface area contributed by atoms with Crippen molar-refractivity contribution in [1.82, 2.24) is 16.1 Å². The molecule has 5 amide bonds. The Bertz CT molecular complexity index is 331. The predicted molar refractivity (Wildman–Crippen MR) is 42.3 cm³/mol. The summed E-state index contributed by atoms with van der Waals surface area (Å²) in [5.41, 5.74) is -0.690. The summed E-state index contributed by atoms with van der Waals surface area (Å²) in [6.45, 7) is 1.01. The van der Waals surface area contributed by atoms with Crippen molar-refractivity contribution in [2.45, 2.75) is 12.5 Å². The highest BCUT2D eigenvalue weighted by atomic mass is 16.7. The molecule has 9 nitrogen and oxygen atoms in total. The summed E-state index contributed by atoms with van der Waals surface area (Å²) in [5, 5.41) is 11.7. The number of nitrogens with one attached hydrogen (secondary N) is 3. The predicted octanol–water partition coefficient (Wildman–Crippen LogP) is -1.69. The van der Waals surface area contributed by atoms with Crippen LogP contribution in [0.5, 0.6) is 0 Å². The summed E-state index contributed by atoms with van der Waals surface area (Å²) in [4.78, 5) is 47.5. The highest BCUT2D eigenvalue weighted by molar-refractivity contribution is 6.21. The molecule has 1 fully saturated rings. The minimum Gasteiger partial charge on any atom is -0.464 e. The lowest BCUT2D eigenvalue weighted by atomic mass is 10.0. The maximum Gasteiger partial charge on any atom is 0.428 e. The van der Waals surface area contributed by atoms with Crippen molar-refractivity contribution in [3.05, 3.63) is 0 Å². The fraction of sp³-hybridized carbons (Fsp3) is 0.333. The first-order valence-electron chi connectivity index (χ1n) is 3.70. The average molecular weight is 217 g/mol. The topological polar surface area (TPSA) is 134 Å². The molecule has 1 aliphatic rings. The number of carboxylic acid groups (broad SMARTS) is 1. The minimum atomic E-state index is -2.10. The molecule has 1 aliphatic heterocycles. The van der Waals surface area contributed by atoms with E-state index in [1.807, 2.05) is 0 Å². The normalized spacial score (nSPS) is 19.1. The van der Waals surface area contributed by atoms with Crippen LogP contribution >= 0.6 is 0 Å². The fourth-order valence-corrected chi connectivity index (χ4v) is 0.818. The van der Waals surface area contributed by atoms with Crippen LogP contribution < -0.4 is 16.1 Å². The molecule has 0 aliphatic carbocycles. The van der Waals surface area contributed by atoms with Crippen molar-refractivity contribution >= 4 is 23.9 Å². The summed E-state index contributed by atoms with van der Waals surface area (Å²) >= 11 is 0. The maximum atomic E-state index is 11.2. The molecule has 1 rings (SSSR count). The van der Waals surface area contributed by atoms with Gasteiger partial charge < -0.3 is 5.11 Å². The Labute approximate surface area is 82.7 Å². The Morgan fingerprint density at radius 3 is 2.20 bits per heavy atom. The number of urea groups is 1. The summed E-state index contributed by atoms with van der Waals surface area (Å²) in [6, 6.07) is -0.985. The van der Waals surface area contributed by atoms with Gasteiger partial charge in [0.1, 0.15) is 0 Å². The minimum absolute atomic E-state index is 0.985. The molecule has 0 saturated carbocycles. The zero-order valence-electron chi connectivity index (χ0n) is 7.49. The number of barbiturate groups is 1. The van der Waals surface area contributed by atoms with Crippen LogP contribution in [0.15, 0.2) is 0 Å². The van der Waals surface area contributed by atoms with Crippen molar-refractivity contribution in [3.8, 4) is 0 Å². The first-order chi connectivity index (χ1) is 6.86. The van der Waals surface area contributed by atoms with E-state index in [9.17, 15) is 19.2 Å². The second-order valence-corrected chi connectivity index (χ2v) is 2.78. The van der Waals surface area contributed by atoms with Gasteiger partial charge in [0.2, 0.25) is 5.60 Å². The molecule has 1 heterocycles. The van der Waals surface area contributed by atoms with Crippen LogP contribution in [0.3, 0.4) is 0 Å². The van der Waals surface area contributed by atoms with Gasteiger partial charge in [0.25, 0.3) is 11.8 Å². The van der Waals surface area contributed by atoms with Gasteiger partial charge in [-0.05, 0) is 6.92 Å². The highest BCUT2D eigenvalue weighted by Crippen LogP contribution is 2.12. The van der Waals surface area contributed by atoms with Crippen LogP contribution in [0.4, 0.5) is 9.59 Å². The standard InChI is InChI=1S/C6H7N3O6/c1-6(15-9-5(13)14)2(10)7-4(12)8-3(6)11/h9H,1H3,(H,13,14)(H2,7,8,10,11,12). The number of carbonyl (C=O) groups is 4. The molecule has 0 unspecified atom stereocenters. The number of hydrogen-bond donors (Lipinski definition) is 4. The Morgan fingerprint density at radius 1 is 1.33 bits per heavy atom. The zero-order valence-corrected chi connectivity index (χ0v) is 7.49. The van der Waals surface area contributed by atoms with Crippen LogP contribution in [0.25, 0.3) is 0 Å². The molecule has 9 heteroatoms. The van der Waals surface area contributed by atoms with Crippen LogP contribution in [-0.2, 0) is 14.4 Å².